The van der Waals surface area contributed by atoms with Gasteiger partial charge in [-0.25, -0.2) is 14.3 Å². The highest BCUT2D eigenvalue weighted by atomic mass is 19.1. The molecule has 23 heavy (non-hydrogen) atoms. The minimum absolute atomic E-state index is 0.104. The molecule has 1 aromatic carbocycles. The number of cyclic esters (lactones) is 1. The molecule has 1 aromatic heterocycles. The molecule has 4 N–H and O–H groups in total. The van der Waals surface area contributed by atoms with Crippen molar-refractivity contribution in [1.82, 2.24) is 15.2 Å². The van der Waals surface area contributed by atoms with Gasteiger partial charge in [-0.1, -0.05) is 0 Å². The minimum atomic E-state index is -0.775. The lowest BCUT2D eigenvalue weighted by molar-refractivity contribution is 0.102. The Labute approximate surface area is 129 Å². The molecular weight excluding hydrogens is 307 g/mol. The molecule has 2 amide bonds. The van der Waals surface area contributed by atoms with Crippen LogP contribution in [-0.2, 0) is 4.74 Å². The molecule has 120 valence electrons. The second-order valence-electron chi connectivity index (χ2n) is 4.80. The van der Waals surface area contributed by atoms with E-state index in [0.717, 1.165) is 6.07 Å². The van der Waals surface area contributed by atoms with Crippen LogP contribution < -0.4 is 16.0 Å². The smallest absolute Gasteiger partial charge is 0.414 e. The Morgan fingerprint density at radius 2 is 2.39 bits per heavy atom. The fourth-order valence-corrected chi connectivity index (χ4v) is 2.15. The highest BCUT2D eigenvalue weighted by molar-refractivity contribution is 6.04. The number of hydrogen-bond acceptors (Lipinski definition) is 6. The topological polar surface area (TPSA) is 126 Å². The number of H-pyrrole nitrogens is 1. The molecular formula is C13H13FN6O3. The van der Waals surface area contributed by atoms with Crippen LogP contribution in [0, 0.1) is 5.82 Å². The summed E-state index contributed by atoms with van der Waals surface area (Å²) in [6.45, 7) is 0.417. The number of aromatic amines is 1. The van der Waals surface area contributed by atoms with E-state index in [9.17, 15) is 14.0 Å². The molecule has 0 spiro atoms. The Hall–Kier alpha value is -3.01. The molecule has 9 nitrogen and oxygen atoms in total. The fraction of sp³-hybridized carbons (Fsp3) is 0.231. The van der Waals surface area contributed by atoms with Crippen molar-refractivity contribution in [3.63, 3.8) is 0 Å². The first-order chi connectivity index (χ1) is 11.1. The number of benzene rings is 1. The van der Waals surface area contributed by atoms with E-state index < -0.39 is 23.9 Å². The number of amides is 2. The molecule has 1 saturated heterocycles. The molecule has 3 rings (SSSR count). The molecule has 0 bridgehead atoms. The maximum absolute atomic E-state index is 14.2. The Balaban J connectivity index is 1.78. The van der Waals surface area contributed by atoms with E-state index in [4.69, 9.17) is 10.5 Å². The predicted octanol–water partition coefficient (Wildman–Crippen LogP) is 0.480. The zero-order valence-corrected chi connectivity index (χ0v) is 11.8. The van der Waals surface area contributed by atoms with Crippen molar-refractivity contribution >= 4 is 23.6 Å². The number of carbonyl (C=O) groups excluding carboxylic acids is 2. The zero-order valence-electron chi connectivity index (χ0n) is 11.8. The Kier molecular flexibility index (Phi) is 3.89. The Morgan fingerprint density at radius 1 is 1.57 bits per heavy atom. The van der Waals surface area contributed by atoms with Gasteiger partial charge < -0.3 is 10.5 Å². The number of carbonyl (C=O) groups is 2. The van der Waals surface area contributed by atoms with Gasteiger partial charge in [0.2, 0.25) is 5.95 Å². The summed E-state index contributed by atoms with van der Waals surface area (Å²) in [5.74, 6) is -1.36. The Bertz CT molecular complexity index is 735. The maximum atomic E-state index is 14.2. The third-order valence-corrected chi connectivity index (χ3v) is 3.29. The van der Waals surface area contributed by atoms with Gasteiger partial charge in [0.25, 0.3) is 5.91 Å². The third-order valence-electron chi connectivity index (χ3n) is 3.29. The van der Waals surface area contributed by atoms with E-state index in [1.54, 1.807) is 0 Å². The van der Waals surface area contributed by atoms with Crippen molar-refractivity contribution in [2.75, 3.05) is 23.3 Å². The van der Waals surface area contributed by atoms with Gasteiger partial charge in [-0.15, -0.1) is 0 Å². The van der Waals surface area contributed by atoms with Crippen molar-refractivity contribution in [2.45, 2.75) is 6.10 Å². The summed E-state index contributed by atoms with van der Waals surface area (Å²) in [5, 5.41) is 8.37. The van der Waals surface area contributed by atoms with Crippen LogP contribution in [-0.4, -0.2) is 46.4 Å². The van der Waals surface area contributed by atoms with Gasteiger partial charge in [0.15, 0.2) is 0 Å². The van der Waals surface area contributed by atoms with E-state index in [1.165, 1.54) is 23.4 Å². The van der Waals surface area contributed by atoms with Gasteiger partial charge in [0, 0.05) is 6.54 Å². The number of nitrogens with two attached hydrogens (primary N) is 1. The van der Waals surface area contributed by atoms with E-state index in [1.807, 2.05) is 0 Å². The van der Waals surface area contributed by atoms with Crippen molar-refractivity contribution in [1.29, 1.82) is 0 Å². The molecule has 0 unspecified atom stereocenters. The summed E-state index contributed by atoms with van der Waals surface area (Å²) in [7, 11) is 0. The predicted molar refractivity (Wildman–Crippen MR) is 77.4 cm³/mol. The van der Waals surface area contributed by atoms with Gasteiger partial charge in [-0.05, 0) is 18.2 Å². The van der Waals surface area contributed by atoms with Crippen LogP contribution in [0.1, 0.15) is 10.4 Å². The molecule has 0 aliphatic carbocycles. The minimum Gasteiger partial charge on any atom is -0.443 e. The highest BCUT2D eigenvalue weighted by Crippen LogP contribution is 2.24. The second kappa shape index (κ2) is 6.01. The van der Waals surface area contributed by atoms with Crippen molar-refractivity contribution in [3.8, 4) is 0 Å². The summed E-state index contributed by atoms with van der Waals surface area (Å²) in [4.78, 5) is 28.7. The van der Waals surface area contributed by atoms with Crippen LogP contribution in [0.15, 0.2) is 24.5 Å². The number of aromatic nitrogens is 3. The van der Waals surface area contributed by atoms with Gasteiger partial charge >= 0.3 is 6.09 Å². The van der Waals surface area contributed by atoms with Gasteiger partial charge in [-0.2, -0.15) is 10.1 Å². The zero-order chi connectivity index (χ0) is 16.4. The monoisotopic (exact) mass is 320 g/mol. The molecule has 2 heterocycles. The van der Waals surface area contributed by atoms with Crippen LogP contribution in [0.4, 0.5) is 20.8 Å². The summed E-state index contributed by atoms with van der Waals surface area (Å²) >= 11 is 0. The van der Waals surface area contributed by atoms with Crippen LogP contribution in [0.25, 0.3) is 0 Å². The summed E-state index contributed by atoms with van der Waals surface area (Å²) < 4.78 is 19.2. The lowest BCUT2D eigenvalue weighted by atomic mass is 10.1. The first-order valence-corrected chi connectivity index (χ1v) is 6.73. The molecule has 1 aliphatic rings. The molecule has 1 fully saturated rings. The fourth-order valence-electron chi connectivity index (χ4n) is 2.15. The van der Waals surface area contributed by atoms with Gasteiger partial charge in [0.1, 0.15) is 18.2 Å². The van der Waals surface area contributed by atoms with Crippen molar-refractivity contribution in [3.05, 3.63) is 35.9 Å². The van der Waals surface area contributed by atoms with Crippen LogP contribution in [0.3, 0.4) is 0 Å². The standard InChI is InChI=1S/C13H13FN6O3/c14-10-3-7(20-5-8(4-15)23-13(20)22)1-2-9(10)11(21)18-12-16-6-17-19-12/h1-3,6,8H,4-5,15H2,(H2,16,17,18,19,21)/t8-/m0/s1. The molecule has 1 aliphatic heterocycles. The van der Waals surface area contributed by atoms with Crippen LogP contribution in [0.2, 0.25) is 0 Å². The number of anilines is 2. The molecule has 0 saturated carbocycles. The quantitative estimate of drug-likeness (QED) is 0.752. The maximum Gasteiger partial charge on any atom is 0.414 e. The number of ether oxygens (including phenoxy) is 1. The van der Waals surface area contributed by atoms with E-state index >= 15 is 0 Å². The van der Waals surface area contributed by atoms with Gasteiger partial charge in [-0.3, -0.25) is 15.0 Å². The SMILES string of the molecule is NC[C@H]1CN(c2ccc(C(=O)Nc3ncn[nH]3)c(F)c2)C(=O)O1. The number of hydrogen-bond donors (Lipinski definition) is 3. The average Bonchev–Trinajstić information content (AvgIpc) is 3.16. The molecule has 2 aromatic rings. The number of nitrogens with zero attached hydrogens (tertiary/aromatic N) is 3. The lowest BCUT2D eigenvalue weighted by Gasteiger charge is -2.14. The summed E-state index contributed by atoms with van der Waals surface area (Å²) in [6.07, 6.45) is 0.181. The molecule has 1 atom stereocenters. The second-order valence-corrected chi connectivity index (χ2v) is 4.80. The average molecular weight is 320 g/mol. The van der Waals surface area contributed by atoms with E-state index in [0.29, 0.717) is 5.69 Å². The van der Waals surface area contributed by atoms with Gasteiger partial charge in [0.05, 0.1) is 17.8 Å². The first-order valence-electron chi connectivity index (χ1n) is 6.73. The number of halogens is 1. The van der Waals surface area contributed by atoms with Crippen LogP contribution in [0.5, 0.6) is 0 Å². The third kappa shape index (κ3) is 2.97. The van der Waals surface area contributed by atoms with Crippen LogP contribution >= 0.6 is 0 Å². The molecule has 10 heteroatoms. The Morgan fingerprint density at radius 3 is 3.00 bits per heavy atom. The highest BCUT2D eigenvalue weighted by Gasteiger charge is 2.32. The lowest BCUT2D eigenvalue weighted by Crippen LogP contribution is -2.27. The first kappa shape index (κ1) is 14.9. The van der Waals surface area contributed by atoms with Crippen molar-refractivity contribution in [2.24, 2.45) is 5.73 Å². The van der Waals surface area contributed by atoms with E-state index in [2.05, 4.69) is 20.5 Å². The van der Waals surface area contributed by atoms with E-state index in [-0.39, 0.29) is 24.6 Å². The number of nitrogens with one attached hydrogen (secondary N) is 2. The normalized spacial score (nSPS) is 17.2. The molecule has 0 radical (unpaired) electrons. The van der Waals surface area contributed by atoms with Crippen molar-refractivity contribution < 1.29 is 18.7 Å². The summed E-state index contributed by atoms with van der Waals surface area (Å²) in [5.41, 5.74) is 5.55. The summed E-state index contributed by atoms with van der Waals surface area (Å²) in [6, 6.07) is 3.83. The number of rotatable bonds is 4. The largest absolute Gasteiger partial charge is 0.443 e.